The molecule has 3 N–H and O–H groups in total. The summed E-state index contributed by atoms with van der Waals surface area (Å²) in [4.78, 5) is 11.6. The Labute approximate surface area is 115 Å². The summed E-state index contributed by atoms with van der Waals surface area (Å²) in [5.74, 6) is -0.986. The molecule has 2 rings (SSSR count). The lowest BCUT2D eigenvalue weighted by molar-refractivity contribution is -0.134. The minimum absolute atomic E-state index is 0.0283. The van der Waals surface area contributed by atoms with E-state index in [0.717, 1.165) is 0 Å². The van der Waals surface area contributed by atoms with Gasteiger partial charge in [0.2, 0.25) is 0 Å². The molecular formula is C15H14O5. The molecule has 0 saturated carbocycles. The maximum absolute atomic E-state index is 11.6. The molecule has 0 aromatic heterocycles. The Kier molecular flexibility index (Phi) is 4.10. The topological polar surface area (TPSA) is 87.0 Å². The van der Waals surface area contributed by atoms with Crippen molar-refractivity contribution in [3.8, 4) is 23.0 Å². The standard InChI is InChI=1S/C15H14O5/c16-12-7-8-13(17)15(19)11(12)6-9-14(18)20-10-4-2-1-3-5-10/h1-5,7-8,16-17,19H,6,9H2. The first kappa shape index (κ1) is 13.7. The Morgan fingerprint density at radius 3 is 2.30 bits per heavy atom. The molecule has 0 unspecified atom stereocenters. The van der Waals surface area contributed by atoms with Crippen LogP contribution in [0.25, 0.3) is 0 Å². The lowest BCUT2D eigenvalue weighted by Crippen LogP contribution is -2.09. The fraction of sp³-hybridized carbons (Fsp3) is 0.133. The molecule has 104 valence electrons. The minimum Gasteiger partial charge on any atom is -0.508 e. The molecule has 0 amide bonds. The zero-order valence-electron chi connectivity index (χ0n) is 10.6. The van der Waals surface area contributed by atoms with E-state index < -0.39 is 11.7 Å². The smallest absolute Gasteiger partial charge is 0.311 e. The molecule has 2 aromatic carbocycles. The molecule has 0 aliphatic rings. The maximum Gasteiger partial charge on any atom is 0.311 e. The number of ether oxygens (including phenoxy) is 1. The summed E-state index contributed by atoms with van der Waals surface area (Å²) in [5, 5.41) is 28.6. The van der Waals surface area contributed by atoms with Crippen LogP contribution in [0, 0.1) is 0 Å². The highest BCUT2D eigenvalue weighted by molar-refractivity contribution is 5.73. The second-order valence-electron chi connectivity index (χ2n) is 4.22. The van der Waals surface area contributed by atoms with Crippen LogP contribution in [-0.2, 0) is 11.2 Å². The molecule has 2 aromatic rings. The summed E-state index contributed by atoms with van der Waals surface area (Å²) in [5.41, 5.74) is 0.120. The lowest BCUT2D eigenvalue weighted by Gasteiger charge is -2.08. The van der Waals surface area contributed by atoms with Crippen LogP contribution < -0.4 is 4.74 Å². The highest BCUT2D eigenvalue weighted by Gasteiger charge is 2.14. The van der Waals surface area contributed by atoms with Crippen LogP contribution in [0.2, 0.25) is 0 Å². The van der Waals surface area contributed by atoms with Crippen LogP contribution >= 0.6 is 0 Å². The van der Waals surface area contributed by atoms with Gasteiger partial charge in [-0.3, -0.25) is 4.79 Å². The van der Waals surface area contributed by atoms with Crippen molar-refractivity contribution in [1.29, 1.82) is 0 Å². The first-order valence-corrected chi connectivity index (χ1v) is 6.06. The zero-order valence-corrected chi connectivity index (χ0v) is 10.6. The highest BCUT2D eigenvalue weighted by atomic mass is 16.5. The van der Waals surface area contributed by atoms with Gasteiger partial charge in [-0.2, -0.15) is 0 Å². The number of hydrogen-bond donors (Lipinski definition) is 3. The summed E-state index contributed by atoms with van der Waals surface area (Å²) in [7, 11) is 0. The molecule has 0 atom stereocenters. The number of phenolic OH excluding ortho intramolecular Hbond substituents is 3. The maximum atomic E-state index is 11.6. The van der Waals surface area contributed by atoms with Crippen molar-refractivity contribution in [2.45, 2.75) is 12.8 Å². The van der Waals surface area contributed by atoms with E-state index in [4.69, 9.17) is 4.74 Å². The second-order valence-corrected chi connectivity index (χ2v) is 4.22. The number of esters is 1. The fourth-order valence-corrected chi connectivity index (χ4v) is 1.76. The van der Waals surface area contributed by atoms with Gasteiger partial charge in [-0.05, 0) is 30.7 Å². The fourth-order valence-electron chi connectivity index (χ4n) is 1.76. The van der Waals surface area contributed by atoms with Crippen molar-refractivity contribution in [3.05, 3.63) is 48.0 Å². The van der Waals surface area contributed by atoms with Gasteiger partial charge < -0.3 is 20.1 Å². The molecule has 0 heterocycles. The predicted octanol–water partition coefficient (Wildman–Crippen LogP) is 2.34. The van der Waals surface area contributed by atoms with Gasteiger partial charge >= 0.3 is 5.97 Å². The number of aromatic hydroxyl groups is 3. The van der Waals surface area contributed by atoms with Gasteiger partial charge in [0, 0.05) is 5.56 Å². The van der Waals surface area contributed by atoms with Crippen LogP contribution in [0.1, 0.15) is 12.0 Å². The van der Waals surface area contributed by atoms with E-state index in [-0.39, 0.29) is 29.9 Å². The van der Waals surface area contributed by atoms with Gasteiger partial charge in [0.15, 0.2) is 11.5 Å². The van der Waals surface area contributed by atoms with Crippen molar-refractivity contribution < 1.29 is 24.9 Å². The molecule has 0 aliphatic carbocycles. The summed E-state index contributed by atoms with van der Waals surface area (Å²) in [6.45, 7) is 0. The molecule has 0 saturated heterocycles. The highest BCUT2D eigenvalue weighted by Crippen LogP contribution is 2.35. The third kappa shape index (κ3) is 3.20. The Bertz CT molecular complexity index is 607. The number of para-hydroxylation sites is 1. The Morgan fingerprint density at radius 2 is 1.60 bits per heavy atom. The number of carbonyl (C=O) groups is 1. The summed E-state index contributed by atoms with van der Waals surface area (Å²) in [6, 6.07) is 11.0. The van der Waals surface area contributed by atoms with E-state index in [2.05, 4.69) is 0 Å². The van der Waals surface area contributed by atoms with Crippen molar-refractivity contribution in [2.75, 3.05) is 0 Å². The van der Waals surface area contributed by atoms with E-state index in [1.165, 1.54) is 12.1 Å². The normalized spacial score (nSPS) is 10.2. The Morgan fingerprint density at radius 1 is 0.950 bits per heavy atom. The molecule has 0 aliphatic heterocycles. The summed E-state index contributed by atoms with van der Waals surface area (Å²) < 4.78 is 5.08. The number of phenols is 3. The minimum atomic E-state index is -0.488. The molecule has 20 heavy (non-hydrogen) atoms. The summed E-state index contributed by atoms with van der Waals surface area (Å²) >= 11 is 0. The van der Waals surface area contributed by atoms with Crippen molar-refractivity contribution in [2.24, 2.45) is 0 Å². The first-order chi connectivity index (χ1) is 9.58. The van der Waals surface area contributed by atoms with E-state index >= 15 is 0 Å². The van der Waals surface area contributed by atoms with Crippen LogP contribution in [0.3, 0.4) is 0 Å². The third-order valence-electron chi connectivity index (χ3n) is 2.79. The predicted molar refractivity (Wildman–Crippen MR) is 71.8 cm³/mol. The molecule has 5 nitrogen and oxygen atoms in total. The van der Waals surface area contributed by atoms with Crippen LogP contribution in [0.4, 0.5) is 0 Å². The molecule has 0 radical (unpaired) electrons. The lowest BCUT2D eigenvalue weighted by atomic mass is 10.1. The first-order valence-electron chi connectivity index (χ1n) is 6.06. The molecule has 0 fully saturated rings. The van der Waals surface area contributed by atoms with E-state index in [1.54, 1.807) is 30.3 Å². The number of carbonyl (C=O) groups excluding carboxylic acids is 1. The van der Waals surface area contributed by atoms with Gasteiger partial charge in [0.05, 0.1) is 6.42 Å². The number of hydrogen-bond acceptors (Lipinski definition) is 5. The van der Waals surface area contributed by atoms with E-state index in [0.29, 0.717) is 5.75 Å². The van der Waals surface area contributed by atoms with Crippen LogP contribution in [0.5, 0.6) is 23.0 Å². The Hall–Kier alpha value is -2.69. The zero-order chi connectivity index (χ0) is 14.5. The van der Waals surface area contributed by atoms with E-state index in [1.807, 2.05) is 0 Å². The van der Waals surface area contributed by atoms with Gasteiger partial charge in [0.1, 0.15) is 11.5 Å². The van der Waals surface area contributed by atoms with Crippen LogP contribution in [-0.4, -0.2) is 21.3 Å². The monoisotopic (exact) mass is 274 g/mol. The largest absolute Gasteiger partial charge is 0.508 e. The molecule has 5 heteroatoms. The molecular weight excluding hydrogens is 260 g/mol. The van der Waals surface area contributed by atoms with Crippen molar-refractivity contribution >= 4 is 5.97 Å². The number of rotatable bonds is 4. The summed E-state index contributed by atoms with van der Waals surface area (Å²) in [6.07, 6.45) is 0.0389. The molecule has 0 spiro atoms. The quantitative estimate of drug-likeness (QED) is 0.345. The SMILES string of the molecule is O=C(CCc1c(O)ccc(O)c1O)Oc1ccccc1. The Balaban J connectivity index is 1.99. The third-order valence-corrected chi connectivity index (χ3v) is 2.79. The number of benzene rings is 2. The molecule has 0 bridgehead atoms. The van der Waals surface area contributed by atoms with Gasteiger partial charge in [-0.1, -0.05) is 18.2 Å². The van der Waals surface area contributed by atoms with Crippen molar-refractivity contribution in [1.82, 2.24) is 0 Å². The average Bonchev–Trinajstić information content (AvgIpc) is 2.44. The van der Waals surface area contributed by atoms with Crippen LogP contribution in [0.15, 0.2) is 42.5 Å². The second kappa shape index (κ2) is 5.97. The van der Waals surface area contributed by atoms with Gasteiger partial charge in [-0.25, -0.2) is 0 Å². The van der Waals surface area contributed by atoms with E-state index in [9.17, 15) is 20.1 Å². The van der Waals surface area contributed by atoms with Gasteiger partial charge in [-0.15, -0.1) is 0 Å². The van der Waals surface area contributed by atoms with Crippen molar-refractivity contribution in [3.63, 3.8) is 0 Å². The van der Waals surface area contributed by atoms with Gasteiger partial charge in [0.25, 0.3) is 0 Å². The average molecular weight is 274 g/mol.